The Hall–Kier alpha value is -2.80. The third-order valence-corrected chi connectivity index (χ3v) is 5.86. The molecule has 0 spiro atoms. The minimum Gasteiger partial charge on any atom is -0.490 e. The van der Waals surface area contributed by atoms with Gasteiger partial charge < -0.3 is 19.2 Å². The molecule has 1 aromatic heterocycles. The van der Waals surface area contributed by atoms with Crippen LogP contribution in [0, 0.1) is 0 Å². The number of alkyl carbamates (subject to hydrolysis) is 1. The summed E-state index contributed by atoms with van der Waals surface area (Å²) in [4.78, 5) is 11.9. The summed E-state index contributed by atoms with van der Waals surface area (Å²) in [5, 5.41) is 3.94. The summed E-state index contributed by atoms with van der Waals surface area (Å²) in [6, 6.07) is 13.1. The summed E-state index contributed by atoms with van der Waals surface area (Å²) in [7, 11) is 0. The van der Waals surface area contributed by atoms with E-state index in [1.165, 1.54) is 0 Å². The predicted octanol–water partition coefficient (Wildman–Crippen LogP) is 7.73. The Bertz CT molecular complexity index is 1160. The zero-order valence-corrected chi connectivity index (χ0v) is 20.2. The number of fused-ring (bicyclic) bond motifs is 1. The average Bonchev–Trinajstić information content (AvgIpc) is 3.17. The van der Waals surface area contributed by atoms with Crippen LogP contribution in [0.5, 0.6) is 5.75 Å². The van der Waals surface area contributed by atoms with E-state index in [4.69, 9.17) is 25.5 Å². The number of halogens is 3. The second-order valence-electron chi connectivity index (χ2n) is 9.64. The number of amides is 1. The Morgan fingerprint density at radius 1 is 1.12 bits per heavy atom. The predicted molar refractivity (Wildman–Crippen MR) is 128 cm³/mol. The summed E-state index contributed by atoms with van der Waals surface area (Å²) in [5.74, 6) is -1.35. The van der Waals surface area contributed by atoms with Crippen LogP contribution in [0.4, 0.5) is 13.6 Å². The van der Waals surface area contributed by atoms with Crippen molar-refractivity contribution in [1.29, 1.82) is 0 Å². The molecule has 1 aliphatic rings. The van der Waals surface area contributed by atoms with Gasteiger partial charge in [0.25, 0.3) is 0 Å². The molecule has 0 radical (unpaired) electrons. The molecule has 0 saturated heterocycles. The lowest BCUT2D eigenvalue weighted by atomic mass is 9.94. The number of carbonyl (C=O) groups is 1. The van der Waals surface area contributed by atoms with Crippen molar-refractivity contribution < 1.29 is 27.5 Å². The average molecular weight is 492 g/mol. The van der Waals surface area contributed by atoms with Gasteiger partial charge in [-0.05, 0) is 75.1 Å². The van der Waals surface area contributed by atoms with Gasteiger partial charge in [0.1, 0.15) is 17.1 Å². The van der Waals surface area contributed by atoms with Crippen LogP contribution in [0.2, 0.25) is 5.02 Å². The standard InChI is InChI=1S/C26H28ClF2NO4/c1-25(2,3)34-24(31)30-15-21-13-18-12-17(14-22(27)23(18)33-21)16-4-6-19(7-5-16)32-20-8-10-26(28,29)11-9-20/h4-7,12-14,20H,8-11,15H2,1-3H3,(H,30,31). The van der Waals surface area contributed by atoms with E-state index >= 15 is 0 Å². The van der Waals surface area contributed by atoms with Crippen molar-refractivity contribution in [2.45, 2.75) is 70.6 Å². The topological polar surface area (TPSA) is 60.7 Å². The smallest absolute Gasteiger partial charge is 0.408 e. The molecule has 0 unspecified atom stereocenters. The molecule has 1 N–H and O–H groups in total. The van der Waals surface area contributed by atoms with E-state index in [9.17, 15) is 13.6 Å². The van der Waals surface area contributed by atoms with Crippen LogP contribution in [-0.2, 0) is 11.3 Å². The summed E-state index contributed by atoms with van der Waals surface area (Å²) >= 11 is 6.47. The van der Waals surface area contributed by atoms with E-state index in [-0.39, 0.29) is 25.5 Å². The molecule has 3 aromatic rings. The van der Waals surface area contributed by atoms with Gasteiger partial charge in [0.05, 0.1) is 17.7 Å². The molecule has 1 fully saturated rings. The fourth-order valence-electron chi connectivity index (χ4n) is 3.94. The summed E-state index contributed by atoms with van der Waals surface area (Å²) < 4.78 is 43.6. The van der Waals surface area contributed by atoms with Crippen molar-refractivity contribution in [2.75, 3.05) is 0 Å². The summed E-state index contributed by atoms with van der Waals surface area (Å²) in [6.45, 7) is 5.56. The van der Waals surface area contributed by atoms with E-state index in [1.807, 2.05) is 42.5 Å². The normalized spacial score (nSPS) is 16.4. The number of benzene rings is 2. The minimum atomic E-state index is -2.57. The number of alkyl halides is 2. The van der Waals surface area contributed by atoms with Crippen LogP contribution in [0.15, 0.2) is 46.9 Å². The first-order valence-corrected chi connectivity index (χ1v) is 11.7. The SMILES string of the molecule is CC(C)(C)OC(=O)NCc1cc2cc(-c3ccc(OC4CCC(F)(F)CC4)cc3)cc(Cl)c2o1. The lowest BCUT2D eigenvalue weighted by Crippen LogP contribution is -2.32. The molecule has 1 heterocycles. The van der Waals surface area contributed by atoms with Crippen molar-refractivity contribution in [3.05, 3.63) is 53.2 Å². The highest BCUT2D eigenvalue weighted by atomic mass is 35.5. The highest BCUT2D eigenvalue weighted by Gasteiger charge is 2.35. The fraction of sp³-hybridized carbons (Fsp3) is 0.423. The second kappa shape index (κ2) is 9.45. The third kappa shape index (κ3) is 6.20. The number of hydrogen-bond donors (Lipinski definition) is 1. The lowest BCUT2D eigenvalue weighted by molar-refractivity contribution is -0.0582. The Labute approximate surface area is 202 Å². The first kappa shape index (κ1) is 24.3. The van der Waals surface area contributed by atoms with Crippen molar-refractivity contribution >= 4 is 28.7 Å². The van der Waals surface area contributed by atoms with Crippen LogP contribution >= 0.6 is 11.6 Å². The molecular formula is C26H28ClF2NO4. The van der Waals surface area contributed by atoms with Gasteiger partial charge in [-0.1, -0.05) is 23.7 Å². The molecule has 4 rings (SSSR count). The van der Waals surface area contributed by atoms with Gasteiger partial charge in [-0.3, -0.25) is 0 Å². The molecule has 0 bridgehead atoms. The first-order valence-electron chi connectivity index (χ1n) is 11.3. The fourth-order valence-corrected chi connectivity index (χ4v) is 4.21. The van der Waals surface area contributed by atoms with Gasteiger partial charge in [-0.15, -0.1) is 0 Å². The molecule has 0 atom stereocenters. The molecule has 0 aliphatic heterocycles. The number of ether oxygens (including phenoxy) is 2. The molecule has 1 aliphatic carbocycles. The Balaban J connectivity index is 1.43. The minimum absolute atomic E-state index is 0.131. The van der Waals surface area contributed by atoms with Crippen molar-refractivity contribution in [3.63, 3.8) is 0 Å². The number of nitrogens with one attached hydrogen (secondary N) is 1. The quantitative estimate of drug-likeness (QED) is 0.396. The maximum Gasteiger partial charge on any atom is 0.408 e. The molecule has 2 aromatic carbocycles. The summed E-state index contributed by atoms with van der Waals surface area (Å²) in [5.41, 5.74) is 1.79. The maximum atomic E-state index is 13.3. The number of hydrogen-bond acceptors (Lipinski definition) is 4. The van der Waals surface area contributed by atoms with Gasteiger partial charge in [0.15, 0.2) is 5.58 Å². The van der Waals surface area contributed by atoms with E-state index < -0.39 is 17.6 Å². The molecule has 34 heavy (non-hydrogen) atoms. The highest BCUT2D eigenvalue weighted by Crippen LogP contribution is 2.36. The molecule has 182 valence electrons. The zero-order chi connectivity index (χ0) is 24.5. The molecule has 8 heteroatoms. The van der Waals surface area contributed by atoms with Crippen LogP contribution < -0.4 is 10.1 Å². The van der Waals surface area contributed by atoms with Crippen molar-refractivity contribution in [1.82, 2.24) is 5.32 Å². The van der Waals surface area contributed by atoms with Crippen molar-refractivity contribution in [3.8, 4) is 16.9 Å². The van der Waals surface area contributed by atoms with Crippen LogP contribution in [-0.4, -0.2) is 23.7 Å². The van der Waals surface area contributed by atoms with Crippen LogP contribution in [0.3, 0.4) is 0 Å². The highest BCUT2D eigenvalue weighted by molar-refractivity contribution is 6.35. The van der Waals surface area contributed by atoms with E-state index in [0.29, 0.717) is 35.0 Å². The third-order valence-electron chi connectivity index (χ3n) is 5.58. The van der Waals surface area contributed by atoms with Crippen LogP contribution in [0.1, 0.15) is 52.2 Å². The molecule has 5 nitrogen and oxygen atoms in total. The van der Waals surface area contributed by atoms with Gasteiger partial charge in [-0.2, -0.15) is 0 Å². The second-order valence-corrected chi connectivity index (χ2v) is 10.0. The first-order chi connectivity index (χ1) is 16.0. The van der Waals surface area contributed by atoms with E-state index in [1.54, 1.807) is 20.8 Å². The summed E-state index contributed by atoms with van der Waals surface area (Å²) in [6.07, 6.45) is -0.263. The molecule has 1 amide bonds. The number of carbonyl (C=O) groups excluding carboxylic acids is 1. The monoisotopic (exact) mass is 491 g/mol. The molecular weight excluding hydrogens is 464 g/mol. The van der Waals surface area contributed by atoms with Crippen molar-refractivity contribution in [2.24, 2.45) is 0 Å². The Morgan fingerprint density at radius 3 is 2.44 bits per heavy atom. The van der Waals surface area contributed by atoms with E-state index in [2.05, 4.69) is 5.32 Å². The lowest BCUT2D eigenvalue weighted by Gasteiger charge is -2.28. The van der Waals surface area contributed by atoms with Gasteiger partial charge in [0.2, 0.25) is 5.92 Å². The Kier molecular flexibility index (Phi) is 6.76. The zero-order valence-electron chi connectivity index (χ0n) is 19.4. The van der Waals surface area contributed by atoms with Crippen LogP contribution in [0.25, 0.3) is 22.1 Å². The maximum absolute atomic E-state index is 13.3. The van der Waals surface area contributed by atoms with Gasteiger partial charge in [0, 0.05) is 18.2 Å². The molecule has 1 saturated carbocycles. The number of furan rings is 1. The Morgan fingerprint density at radius 2 is 1.79 bits per heavy atom. The number of rotatable bonds is 5. The van der Waals surface area contributed by atoms with Gasteiger partial charge >= 0.3 is 6.09 Å². The van der Waals surface area contributed by atoms with E-state index in [0.717, 1.165) is 16.5 Å². The van der Waals surface area contributed by atoms with Gasteiger partial charge in [-0.25, -0.2) is 13.6 Å². The largest absolute Gasteiger partial charge is 0.490 e.